The molecule has 0 radical (unpaired) electrons. The molecule has 2 heterocycles. The Hall–Kier alpha value is -4.53. The van der Waals surface area contributed by atoms with Crippen LogP contribution in [0.3, 0.4) is 0 Å². The van der Waals surface area contributed by atoms with E-state index in [2.05, 4.69) is 32.6 Å². The highest BCUT2D eigenvalue weighted by atomic mass is 32.1. The quantitative estimate of drug-likeness (QED) is 0.158. The summed E-state index contributed by atoms with van der Waals surface area (Å²) < 4.78 is 61.7. The number of amides is 2. The van der Waals surface area contributed by atoms with Crippen molar-refractivity contribution in [1.82, 2.24) is 15.1 Å². The predicted molar refractivity (Wildman–Crippen MR) is 171 cm³/mol. The highest BCUT2D eigenvalue weighted by Gasteiger charge is 2.31. The zero-order chi connectivity index (χ0) is 33.4. The number of benzene rings is 2. The Bertz CT molecular complexity index is 1680. The summed E-state index contributed by atoms with van der Waals surface area (Å²) >= 11 is 1.17. The van der Waals surface area contributed by atoms with E-state index in [-0.39, 0.29) is 52.7 Å². The third-order valence-corrected chi connectivity index (χ3v) is 8.45. The van der Waals surface area contributed by atoms with Crippen molar-refractivity contribution in [3.8, 4) is 17.6 Å². The van der Waals surface area contributed by atoms with Gasteiger partial charge in [-0.1, -0.05) is 24.0 Å². The number of thiophene rings is 1. The molecule has 1 aliphatic rings. The first-order valence-corrected chi connectivity index (χ1v) is 15.3. The fourth-order valence-corrected chi connectivity index (χ4v) is 6.28. The first-order valence-electron chi connectivity index (χ1n) is 14.4. The van der Waals surface area contributed by atoms with Crippen molar-refractivity contribution >= 4 is 44.6 Å². The van der Waals surface area contributed by atoms with Gasteiger partial charge in [-0.3, -0.25) is 14.4 Å². The molecular formula is C32H34F4N6O3S. The number of carbonyl (C=O) groups is 2. The summed E-state index contributed by atoms with van der Waals surface area (Å²) in [4.78, 5) is 31.4. The van der Waals surface area contributed by atoms with Gasteiger partial charge < -0.3 is 30.5 Å². The van der Waals surface area contributed by atoms with E-state index < -0.39 is 24.3 Å². The SMILES string of the molecule is [C-]#[N+]COc1cc(C(=O)NC)c(F)cc1NCC#Cc1sc2c(NC3CCN(C(=O)CN(C)C)CC3)cccc2c1CC(F)(F)F. The Morgan fingerprint density at radius 2 is 1.93 bits per heavy atom. The maximum Gasteiger partial charge on any atom is 0.393 e. The number of alkyl halides is 3. The molecule has 1 fully saturated rings. The van der Waals surface area contributed by atoms with Gasteiger partial charge in [-0.15, -0.1) is 11.3 Å². The molecule has 46 heavy (non-hydrogen) atoms. The van der Waals surface area contributed by atoms with Crippen LogP contribution in [0.1, 0.15) is 33.6 Å². The van der Waals surface area contributed by atoms with Crippen molar-refractivity contribution < 1.29 is 31.9 Å². The number of ether oxygens (including phenoxy) is 1. The van der Waals surface area contributed by atoms with Crippen LogP contribution < -0.4 is 20.7 Å². The van der Waals surface area contributed by atoms with Gasteiger partial charge in [0, 0.05) is 32.2 Å². The molecule has 14 heteroatoms. The molecule has 4 rings (SSSR count). The number of fused-ring (bicyclic) bond motifs is 1. The second kappa shape index (κ2) is 15.2. The molecule has 3 aromatic rings. The normalized spacial score (nSPS) is 13.6. The van der Waals surface area contributed by atoms with Crippen molar-refractivity contribution in [1.29, 1.82) is 0 Å². The first-order chi connectivity index (χ1) is 21.9. The molecule has 9 nitrogen and oxygen atoms in total. The molecular weight excluding hydrogens is 624 g/mol. The van der Waals surface area contributed by atoms with E-state index in [0.29, 0.717) is 48.2 Å². The minimum Gasteiger partial charge on any atom is -0.424 e. The van der Waals surface area contributed by atoms with Gasteiger partial charge in [-0.25, -0.2) is 11.0 Å². The maximum atomic E-state index is 14.6. The smallest absolute Gasteiger partial charge is 0.393 e. The Morgan fingerprint density at radius 1 is 1.20 bits per heavy atom. The highest BCUT2D eigenvalue weighted by Crippen LogP contribution is 2.39. The second-order valence-corrected chi connectivity index (χ2v) is 11.9. The number of likely N-dealkylation sites (N-methyl/N-ethyl adjacent to an activating group) is 1. The zero-order valence-corrected chi connectivity index (χ0v) is 26.4. The van der Waals surface area contributed by atoms with E-state index >= 15 is 0 Å². The highest BCUT2D eigenvalue weighted by molar-refractivity contribution is 7.20. The summed E-state index contributed by atoms with van der Waals surface area (Å²) in [6.07, 6.45) is -4.19. The van der Waals surface area contributed by atoms with E-state index in [1.165, 1.54) is 24.5 Å². The summed E-state index contributed by atoms with van der Waals surface area (Å²) in [5.74, 6) is 4.30. The molecule has 1 saturated heterocycles. The Morgan fingerprint density at radius 3 is 2.59 bits per heavy atom. The summed E-state index contributed by atoms with van der Waals surface area (Å²) in [6, 6.07) is 7.47. The fourth-order valence-electron chi connectivity index (χ4n) is 5.11. The maximum absolute atomic E-state index is 14.6. The standard InChI is InChI=1S/C32H34F4N6O3S/c1-37-19-45-27-15-22(31(44)38-2)24(33)16-26(27)39-12-6-9-28-23(17-32(34,35)36)21-7-5-8-25(30(21)46-28)40-20-10-13-42(14-11-20)29(43)18-41(3)4/h5,7-8,15-16,20,39-40H,10-14,17-19H2,2-4H3,(H,38,44). The molecule has 1 aliphatic heterocycles. The van der Waals surface area contributed by atoms with E-state index in [1.54, 1.807) is 12.1 Å². The van der Waals surface area contributed by atoms with Gasteiger partial charge in [0.05, 0.1) is 46.0 Å². The van der Waals surface area contributed by atoms with Crippen LogP contribution in [0.25, 0.3) is 14.9 Å². The third kappa shape index (κ3) is 8.80. The van der Waals surface area contributed by atoms with Gasteiger partial charge in [0.25, 0.3) is 5.91 Å². The average molecular weight is 659 g/mol. The van der Waals surface area contributed by atoms with Crippen molar-refractivity contribution in [3.63, 3.8) is 0 Å². The Labute approximate surface area is 268 Å². The molecule has 244 valence electrons. The van der Waals surface area contributed by atoms with Crippen LogP contribution in [0.4, 0.5) is 28.9 Å². The lowest BCUT2D eigenvalue weighted by Gasteiger charge is -2.33. The van der Waals surface area contributed by atoms with Crippen LogP contribution in [-0.2, 0) is 11.2 Å². The third-order valence-electron chi connectivity index (χ3n) is 7.25. The summed E-state index contributed by atoms with van der Waals surface area (Å²) in [5, 5.41) is 9.15. The van der Waals surface area contributed by atoms with Crippen LogP contribution in [0, 0.1) is 24.2 Å². The Kier molecular flexibility index (Phi) is 11.3. The topological polar surface area (TPSA) is 90.3 Å². The lowest BCUT2D eigenvalue weighted by Crippen LogP contribution is -2.45. The van der Waals surface area contributed by atoms with Crippen LogP contribution >= 0.6 is 11.3 Å². The number of nitrogens with zero attached hydrogens (tertiary/aromatic N) is 3. The second-order valence-electron chi connectivity index (χ2n) is 10.9. The van der Waals surface area contributed by atoms with Gasteiger partial charge in [-0.2, -0.15) is 13.2 Å². The number of carbonyl (C=O) groups excluding carboxylic acids is 2. The number of nitrogens with one attached hydrogen (secondary N) is 3. The summed E-state index contributed by atoms with van der Waals surface area (Å²) in [5.41, 5.74) is 0.656. The molecule has 3 N–H and O–H groups in total. The predicted octanol–water partition coefficient (Wildman–Crippen LogP) is 5.19. The van der Waals surface area contributed by atoms with Gasteiger partial charge in [0.2, 0.25) is 5.91 Å². The lowest BCUT2D eigenvalue weighted by atomic mass is 10.0. The first kappa shape index (κ1) is 34.3. The van der Waals surface area contributed by atoms with Crippen molar-refractivity contribution in [2.24, 2.45) is 0 Å². The molecule has 0 unspecified atom stereocenters. The van der Waals surface area contributed by atoms with Crippen LogP contribution in [0.15, 0.2) is 30.3 Å². The summed E-state index contributed by atoms with van der Waals surface area (Å²) in [6.45, 7) is 8.04. The number of anilines is 2. The van der Waals surface area contributed by atoms with Crippen LogP contribution in [0.2, 0.25) is 0 Å². The van der Waals surface area contributed by atoms with Gasteiger partial charge in [0.1, 0.15) is 5.82 Å². The van der Waals surface area contributed by atoms with Crippen LogP contribution in [-0.4, -0.2) is 87.9 Å². The Balaban J connectivity index is 1.55. The number of hydrogen-bond acceptors (Lipinski definition) is 7. The molecule has 0 spiro atoms. The number of hydrogen-bond donors (Lipinski definition) is 3. The minimum absolute atomic E-state index is 0.0513. The van der Waals surface area contributed by atoms with Gasteiger partial charge in [-0.05, 0) is 50.0 Å². The molecule has 2 amide bonds. The van der Waals surface area contributed by atoms with E-state index in [4.69, 9.17) is 11.3 Å². The van der Waals surface area contributed by atoms with Crippen LogP contribution in [0.5, 0.6) is 5.75 Å². The van der Waals surface area contributed by atoms with Gasteiger partial charge in [0.15, 0.2) is 5.75 Å². The number of likely N-dealkylation sites (tertiary alicyclic amines) is 1. The molecule has 0 saturated carbocycles. The fraction of sp³-hybridized carbons (Fsp3) is 0.406. The number of piperidine rings is 1. The van der Waals surface area contributed by atoms with E-state index in [1.807, 2.05) is 30.0 Å². The molecule has 0 aliphatic carbocycles. The summed E-state index contributed by atoms with van der Waals surface area (Å²) in [7, 11) is 5.04. The van der Waals surface area contributed by atoms with Crippen molar-refractivity contribution in [2.75, 3.05) is 64.7 Å². The van der Waals surface area contributed by atoms with Crippen molar-refractivity contribution in [2.45, 2.75) is 31.5 Å². The van der Waals surface area contributed by atoms with Crippen molar-refractivity contribution in [3.05, 3.63) is 63.6 Å². The number of halogens is 4. The molecule has 0 bridgehead atoms. The average Bonchev–Trinajstić information content (AvgIpc) is 3.34. The lowest BCUT2D eigenvalue weighted by molar-refractivity contribution is -0.132. The van der Waals surface area contributed by atoms with E-state index in [9.17, 15) is 27.2 Å². The minimum atomic E-state index is -4.46. The van der Waals surface area contributed by atoms with Gasteiger partial charge >= 0.3 is 12.9 Å². The number of rotatable bonds is 10. The molecule has 1 aromatic heterocycles. The molecule has 2 aromatic carbocycles. The largest absolute Gasteiger partial charge is 0.424 e. The zero-order valence-electron chi connectivity index (χ0n) is 25.6. The van der Waals surface area contributed by atoms with E-state index in [0.717, 1.165) is 6.07 Å². The molecule has 0 atom stereocenters. The monoisotopic (exact) mass is 658 g/mol.